The first-order valence-electron chi connectivity index (χ1n) is 4.92. The van der Waals surface area contributed by atoms with Crippen molar-refractivity contribution in [3.8, 4) is 0 Å². The Hall–Kier alpha value is -0.900. The van der Waals surface area contributed by atoms with Crippen LogP contribution in [0.15, 0.2) is 16.6 Å². The van der Waals surface area contributed by atoms with Gasteiger partial charge in [0.15, 0.2) is 0 Å². The van der Waals surface area contributed by atoms with Crippen LogP contribution in [0.2, 0.25) is 0 Å². The molecular weight excluding hydrogens is 275 g/mol. The molecule has 0 fully saturated rings. The molecule has 0 spiro atoms. The molecule has 1 N–H and O–H groups in total. The SMILES string of the molecule is Cc1ccc(F)c(C(C)(C)CC(=O)O)c1Br. The summed E-state index contributed by atoms with van der Waals surface area (Å²) < 4.78 is 14.4. The summed E-state index contributed by atoms with van der Waals surface area (Å²) >= 11 is 3.32. The number of benzene rings is 1. The van der Waals surface area contributed by atoms with E-state index in [9.17, 15) is 9.18 Å². The topological polar surface area (TPSA) is 37.3 Å². The minimum Gasteiger partial charge on any atom is -0.481 e. The van der Waals surface area contributed by atoms with E-state index in [0.717, 1.165) is 5.56 Å². The number of carboxylic acids is 1. The van der Waals surface area contributed by atoms with Gasteiger partial charge in [0.05, 0.1) is 6.42 Å². The molecule has 16 heavy (non-hydrogen) atoms. The van der Waals surface area contributed by atoms with Gasteiger partial charge in [-0.1, -0.05) is 35.8 Å². The average Bonchev–Trinajstić information content (AvgIpc) is 2.09. The number of aryl methyl sites for hydroxylation is 1. The van der Waals surface area contributed by atoms with Crippen molar-refractivity contribution in [3.05, 3.63) is 33.5 Å². The monoisotopic (exact) mass is 288 g/mol. The van der Waals surface area contributed by atoms with Crippen LogP contribution in [-0.2, 0) is 10.2 Å². The van der Waals surface area contributed by atoms with E-state index in [4.69, 9.17) is 5.11 Å². The minimum absolute atomic E-state index is 0.105. The lowest BCUT2D eigenvalue weighted by Crippen LogP contribution is -2.24. The highest BCUT2D eigenvalue weighted by molar-refractivity contribution is 9.10. The van der Waals surface area contributed by atoms with Crippen LogP contribution in [0.4, 0.5) is 4.39 Å². The van der Waals surface area contributed by atoms with E-state index in [1.165, 1.54) is 6.07 Å². The number of hydrogen-bond donors (Lipinski definition) is 1. The minimum atomic E-state index is -0.933. The van der Waals surface area contributed by atoms with Crippen molar-refractivity contribution < 1.29 is 14.3 Å². The highest BCUT2D eigenvalue weighted by Gasteiger charge is 2.29. The first-order valence-corrected chi connectivity index (χ1v) is 5.72. The van der Waals surface area contributed by atoms with Gasteiger partial charge in [-0.25, -0.2) is 4.39 Å². The molecule has 0 unspecified atom stereocenters. The molecule has 0 radical (unpaired) electrons. The zero-order valence-corrected chi connectivity index (χ0v) is 11.1. The Labute approximate surface area is 103 Å². The summed E-state index contributed by atoms with van der Waals surface area (Å²) in [4.78, 5) is 10.8. The van der Waals surface area contributed by atoms with Crippen LogP contribution in [0.5, 0.6) is 0 Å². The molecular formula is C12H14BrFO2. The Kier molecular flexibility index (Phi) is 3.73. The second-order valence-corrected chi connectivity index (χ2v) is 5.30. The third-order valence-electron chi connectivity index (χ3n) is 2.55. The Morgan fingerprint density at radius 3 is 2.56 bits per heavy atom. The van der Waals surface area contributed by atoms with Gasteiger partial charge in [-0.3, -0.25) is 4.79 Å². The molecule has 0 aliphatic carbocycles. The molecule has 0 atom stereocenters. The maximum absolute atomic E-state index is 13.8. The van der Waals surface area contributed by atoms with Gasteiger partial charge >= 0.3 is 5.97 Å². The third kappa shape index (κ3) is 2.61. The van der Waals surface area contributed by atoms with Crippen LogP contribution in [0.1, 0.15) is 31.4 Å². The van der Waals surface area contributed by atoms with Crippen LogP contribution >= 0.6 is 15.9 Å². The molecule has 1 rings (SSSR count). The number of rotatable bonds is 3. The number of halogens is 2. The summed E-state index contributed by atoms with van der Waals surface area (Å²) in [5.74, 6) is -1.30. The smallest absolute Gasteiger partial charge is 0.304 e. The summed E-state index contributed by atoms with van der Waals surface area (Å²) in [6, 6.07) is 3.04. The third-order valence-corrected chi connectivity index (χ3v) is 3.58. The standard InChI is InChI=1S/C12H14BrFO2/c1-7-4-5-8(14)10(11(7)13)12(2,3)6-9(15)16/h4-5H,6H2,1-3H3,(H,15,16). The van der Waals surface area contributed by atoms with E-state index in [-0.39, 0.29) is 12.2 Å². The molecule has 4 heteroatoms. The summed E-state index contributed by atoms with van der Waals surface area (Å²) in [5, 5.41) is 8.82. The number of carboxylic acid groups (broad SMARTS) is 1. The summed E-state index contributed by atoms with van der Waals surface area (Å²) in [7, 11) is 0. The molecule has 0 aliphatic heterocycles. The number of hydrogen-bond acceptors (Lipinski definition) is 1. The number of aliphatic carboxylic acids is 1. The van der Waals surface area contributed by atoms with Gasteiger partial charge in [-0.15, -0.1) is 0 Å². The predicted molar refractivity (Wildman–Crippen MR) is 64.1 cm³/mol. The molecule has 1 aromatic carbocycles. The van der Waals surface area contributed by atoms with Gasteiger partial charge in [0, 0.05) is 15.5 Å². The predicted octanol–water partition coefficient (Wildman–Crippen LogP) is 3.65. The maximum Gasteiger partial charge on any atom is 0.304 e. The lowest BCUT2D eigenvalue weighted by molar-refractivity contribution is -0.138. The van der Waals surface area contributed by atoms with Crippen molar-refractivity contribution in [1.82, 2.24) is 0 Å². The fourth-order valence-corrected chi connectivity index (χ4v) is 2.60. The molecule has 0 bridgehead atoms. The Balaban J connectivity index is 3.31. The summed E-state index contributed by atoms with van der Waals surface area (Å²) in [5.41, 5.74) is 0.589. The van der Waals surface area contributed by atoms with E-state index < -0.39 is 11.4 Å². The molecule has 0 amide bonds. The largest absolute Gasteiger partial charge is 0.481 e. The molecule has 0 aliphatic rings. The van der Waals surface area contributed by atoms with Gasteiger partial charge in [0.25, 0.3) is 0 Å². The second kappa shape index (κ2) is 4.53. The zero-order chi connectivity index (χ0) is 12.5. The van der Waals surface area contributed by atoms with Gasteiger partial charge in [0.1, 0.15) is 5.82 Å². The molecule has 2 nitrogen and oxygen atoms in total. The lowest BCUT2D eigenvalue weighted by atomic mass is 9.80. The van der Waals surface area contributed by atoms with Crippen LogP contribution in [0.3, 0.4) is 0 Å². The second-order valence-electron chi connectivity index (χ2n) is 4.51. The Morgan fingerprint density at radius 2 is 2.06 bits per heavy atom. The van der Waals surface area contributed by atoms with Crippen LogP contribution in [0, 0.1) is 12.7 Å². The van der Waals surface area contributed by atoms with Gasteiger partial charge in [-0.2, -0.15) is 0 Å². The zero-order valence-electron chi connectivity index (χ0n) is 9.47. The van der Waals surface area contributed by atoms with Crippen molar-refractivity contribution in [2.75, 3.05) is 0 Å². The van der Waals surface area contributed by atoms with E-state index in [2.05, 4.69) is 15.9 Å². The first-order chi connectivity index (χ1) is 7.25. The van der Waals surface area contributed by atoms with Crippen LogP contribution < -0.4 is 0 Å². The van der Waals surface area contributed by atoms with Crippen molar-refractivity contribution >= 4 is 21.9 Å². The summed E-state index contributed by atoms with van der Waals surface area (Å²) in [6.07, 6.45) is -0.105. The molecule has 0 saturated heterocycles. The van der Waals surface area contributed by atoms with Crippen LogP contribution in [-0.4, -0.2) is 11.1 Å². The van der Waals surface area contributed by atoms with Crippen molar-refractivity contribution in [3.63, 3.8) is 0 Å². The molecule has 1 aromatic rings. The highest BCUT2D eigenvalue weighted by atomic mass is 79.9. The quantitative estimate of drug-likeness (QED) is 0.922. The highest BCUT2D eigenvalue weighted by Crippen LogP contribution is 2.36. The summed E-state index contributed by atoms with van der Waals surface area (Å²) in [6.45, 7) is 5.30. The van der Waals surface area contributed by atoms with Crippen molar-refractivity contribution in [1.29, 1.82) is 0 Å². The maximum atomic E-state index is 13.8. The first kappa shape index (κ1) is 13.2. The fourth-order valence-electron chi connectivity index (χ4n) is 1.74. The Morgan fingerprint density at radius 1 is 1.50 bits per heavy atom. The lowest BCUT2D eigenvalue weighted by Gasteiger charge is -2.25. The average molecular weight is 289 g/mol. The molecule has 0 heterocycles. The van der Waals surface area contributed by atoms with Crippen LogP contribution in [0.25, 0.3) is 0 Å². The van der Waals surface area contributed by atoms with Crippen molar-refractivity contribution in [2.24, 2.45) is 0 Å². The van der Waals surface area contributed by atoms with E-state index in [1.807, 2.05) is 6.92 Å². The van der Waals surface area contributed by atoms with E-state index >= 15 is 0 Å². The normalized spacial score (nSPS) is 11.6. The Bertz CT molecular complexity index is 427. The molecule has 88 valence electrons. The fraction of sp³-hybridized carbons (Fsp3) is 0.417. The van der Waals surface area contributed by atoms with Gasteiger partial charge in [-0.05, 0) is 18.6 Å². The van der Waals surface area contributed by atoms with Gasteiger partial charge < -0.3 is 5.11 Å². The van der Waals surface area contributed by atoms with Crippen molar-refractivity contribution in [2.45, 2.75) is 32.6 Å². The molecule has 0 saturated carbocycles. The van der Waals surface area contributed by atoms with E-state index in [1.54, 1.807) is 19.9 Å². The number of carbonyl (C=O) groups is 1. The molecule has 0 aromatic heterocycles. The van der Waals surface area contributed by atoms with Gasteiger partial charge in [0.2, 0.25) is 0 Å². The van der Waals surface area contributed by atoms with E-state index in [0.29, 0.717) is 10.0 Å².